The number of carbonyl (C=O) groups excluding carboxylic acids is 2. The molecule has 0 N–H and O–H groups in total. The number of Topliss-reactive ketones (excluding diaryl/α,β-unsaturated/α-hetero) is 2. The first kappa shape index (κ1) is 10.1. The van der Waals surface area contributed by atoms with Crippen LogP contribution >= 0.6 is 0 Å². The summed E-state index contributed by atoms with van der Waals surface area (Å²) in [5.74, 6) is -0.258. The van der Waals surface area contributed by atoms with E-state index in [1.165, 1.54) is 6.92 Å². The van der Waals surface area contributed by atoms with Gasteiger partial charge in [-0.05, 0) is 6.92 Å². The Morgan fingerprint density at radius 3 is 2.14 bits per heavy atom. The van der Waals surface area contributed by atoms with Crippen molar-refractivity contribution in [3.8, 4) is 6.07 Å². The van der Waals surface area contributed by atoms with Gasteiger partial charge in [0.25, 0.3) is 0 Å². The van der Waals surface area contributed by atoms with Gasteiger partial charge < -0.3 is 0 Å². The fraction of sp³-hybridized carbons (Fsp3) is 0.182. The summed E-state index contributed by atoms with van der Waals surface area (Å²) in [4.78, 5) is 22.1. The number of nitrogens with zero attached hydrogens (tertiary/aromatic N) is 1. The molecular weight excluding hydrogens is 178 g/mol. The van der Waals surface area contributed by atoms with Crippen LogP contribution in [-0.4, -0.2) is 11.6 Å². The number of hydrogen-bond acceptors (Lipinski definition) is 3. The third-order valence-electron chi connectivity index (χ3n) is 1.85. The van der Waals surface area contributed by atoms with Gasteiger partial charge in [0, 0.05) is 11.1 Å². The summed E-state index contributed by atoms with van der Waals surface area (Å²) in [6, 6.07) is 8.10. The summed E-state index contributed by atoms with van der Waals surface area (Å²) in [6.07, 6.45) is -0.126. The monoisotopic (exact) mass is 187 g/mol. The molecule has 70 valence electrons. The van der Waals surface area contributed by atoms with E-state index in [4.69, 9.17) is 5.26 Å². The number of rotatable bonds is 3. The van der Waals surface area contributed by atoms with Crippen molar-refractivity contribution in [1.82, 2.24) is 0 Å². The van der Waals surface area contributed by atoms with Gasteiger partial charge in [0.05, 0.1) is 12.5 Å². The first-order chi connectivity index (χ1) is 6.65. The van der Waals surface area contributed by atoms with Crippen molar-refractivity contribution in [3.05, 3.63) is 35.4 Å². The quantitative estimate of drug-likeness (QED) is 0.680. The van der Waals surface area contributed by atoms with Crippen molar-refractivity contribution in [3.63, 3.8) is 0 Å². The fourth-order valence-corrected chi connectivity index (χ4v) is 1.06. The SMILES string of the molecule is CC(=O)c1ccc(C(=O)CC#N)cc1. The van der Waals surface area contributed by atoms with Gasteiger partial charge in [-0.25, -0.2) is 0 Å². The van der Waals surface area contributed by atoms with Gasteiger partial charge >= 0.3 is 0 Å². The molecule has 3 nitrogen and oxygen atoms in total. The number of hydrogen-bond donors (Lipinski definition) is 0. The average molecular weight is 187 g/mol. The first-order valence-corrected chi connectivity index (χ1v) is 4.16. The summed E-state index contributed by atoms with van der Waals surface area (Å²) >= 11 is 0. The van der Waals surface area contributed by atoms with Gasteiger partial charge in [-0.1, -0.05) is 24.3 Å². The van der Waals surface area contributed by atoms with Gasteiger partial charge in [-0.3, -0.25) is 9.59 Å². The standard InChI is InChI=1S/C11H9NO2/c1-8(13)9-2-4-10(5-3-9)11(14)6-7-12/h2-5H,6H2,1H3. The van der Waals surface area contributed by atoms with Crippen molar-refractivity contribution in [2.24, 2.45) is 0 Å². The molecular formula is C11H9NO2. The lowest BCUT2D eigenvalue weighted by atomic mass is 10.1. The Hall–Kier alpha value is -1.95. The maximum absolute atomic E-state index is 11.2. The number of ketones is 2. The van der Waals surface area contributed by atoms with E-state index in [1.807, 2.05) is 0 Å². The second kappa shape index (κ2) is 4.33. The molecule has 0 aromatic heterocycles. The van der Waals surface area contributed by atoms with Gasteiger partial charge in [0.1, 0.15) is 0 Å². The molecule has 14 heavy (non-hydrogen) atoms. The van der Waals surface area contributed by atoms with Crippen molar-refractivity contribution < 1.29 is 9.59 Å². The molecule has 0 bridgehead atoms. The molecule has 0 atom stereocenters. The smallest absolute Gasteiger partial charge is 0.176 e. The van der Waals surface area contributed by atoms with E-state index in [0.717, 1.165) is 0 Å². The van der Waals surface area contributed by atoms with Crippen LogP contribution in [-0.2, 0) is 0 Å². The molecule has 1 rings (SSSR count). The molecule has 0 aliphatic carbocycles. The molecule has 0 saturated carbocycles. The van der Waals surface area contributed by atoms with E-state index >= 15 is 0 Å². The van der Waals surface area contributed by atoms with E-state index in [0.29, 0.717) is 11.1 Å². The second-order valence-electron chi connectivity index (χ2n) is 2.89. The van der Waals surface area contributed by atoms with Gasteiger partial charge in [0.2, 0.25) is 0 Å². The zero-order chi connectivity index (χ0) is 10.6. The third-order valence-corrected chi connectivity index (χ3v) is 1.85. The van der Waals surface area contributed by atoms with Crippen LogP contribution in [0.4, 0.5) is 0 Å². The lowest BCUT2D eigenvalue weighted by Gasteiger charge is -1.98. The zero-order valence-electron chi connectivity index (χ0n) is 7.78. The van der Waals surface area contributed by atoms with Gasteiger partial charge in [0.15, 0.2) is 11.6 Å². The van der Waals surface area contributed by atoms with Crippen LogP contribution in [0.15, 0.2) is 24.3 Å². The highest BCUT2D eigenvalue weighted by Crippen LogP contribution is 2.07. The number of benzene rings is 1. The lowest BCUT2D eigenvalue weighted by molar-refractivity contribution is 0.0991. The third kappa shape index (κ3) is 2.27. The number of nitriles is 1. The Bertz CT molecular complexity index is 398. The van der Waals surface area contributed by atoms with Crippen LogP contribution in [0.3, 0.4) is 0 Å². The molecule has 1 aromatic carbocycles. The highest BCUT2D eigenvalue weighted by molar-refractivity contribution is 5.99. The largest absolute Gasteiger partial charge is 0.295 e. The molecule has 0 saturated heterocycles. The van der Waals surface area contributed by atoms with E-state index in [9.17, 15) is 9.59 Å². The zero-order valence-corrected chi connectivity index (χ0v) is 7.78. The van der Waals surface area contributed by atoms with Crippen LogP contribution in [0.25, 0.3) is 0 Å². The normalized spacial score (nSPS) is 9.14. The summed E-state index contributed by atoms with van der Waals surface area (Å²) in [5.41, 5.74) is 1.04. The number of carbonyl (C=O) groups is 2. The maximum atomic E-state index is 11.2. The van der Waals surface area contributed by atoms with Crippen LogP contribution in [0.1, 0.15) is 34.1 Å². The Kier molecular flexibility index (Phi) is 3.14. The van der Waals surface area contributed by atoms with Crippen molar-refractivity contribution in [2.45, 2.75) is 13.3 Å². The van der Waals surface area contributed by atoms with E-state index < -0.39 is 0 Å². The van der Waals surface area contributed by atoms with Crippen LogP contribution in [0.2, 0.25) is 0 Å². The fourth-order valence-electron chi connectivity index (χ4n) is 1.06. The van der Waals surface area contributed by atoms with Gasteiger partial charge in [-0.15, -0.1) is 0 Å². The predicted molar refractivity (Wildman–Crippen MR) is 51.0 cm³/mol. The molecule has 1 aromatic rings. The highest BCUT2D eigenvalue weighted by Gasteiger charge is 2.05. The minimum atomic E-state index is -0.220. The Morgan fingerprint density at radius 1 is 1.21 bits per heavy atom. The molecule has 0 fully saturated rings. The lowest BCUT2D eigenvalue weighted by Crippen LogP contribution is -1.98. The predicted octanol–water partition coefficient (Wildman–Crippen LogP) is 1.99. The second-order valence-corrected chi connectivity index (χ2v) is 2.89. The Labute approximate surface area is 82.0 Å². The Morgan fingerprint density at radius 2 is 1.71 bits per heavy atom. The summed E-state index contributed by atoms with van der Waals surface area (Å²) in [7, 11) is 0. The molecule has 0 amide bonds. The molecule has 0 radical (unpaired) electrons. The molecule has 0 aliphatic heterocycles. The highest BCUT2D eigenvalue weighted by atomic mass is 16.1. The topological polar surface area (TPSA) is 57.9 Å². The van der Waals surface area contributed by atoms with Gasteiger partial charge in [-0.2, -0.15) is 5.26 Å². The molecule has 0 unspecified atom stereocenters. The van der Waals surface area contributed by atoms with E-state index in [-0.39, 0.29) is 18.0 Å². The molecule has 3 heteroatoms. The summed E-state index contributed by atoms with van der Waals surface area (Å²) < 4.78 is 0. The molecule has 0 aliphatic rings. The Balaban J connectivity index is 2.89. The van der Waals surface area contributed by atoms with Crippen molar-refractivity contribution in [2.75, 3.05) is 0 Å². The van der Waals surface area contributed by atoms with Crippen molar-refractivity contribution >= 4 is 11.6 Å². The van der Waals surface area contributed by atoms with Crippen LogP contribution < -0.4 is 0 Å². The maximum Gasteiger partial charge on any atom is 0.176 e. The average Bonchev–Trinajstić information content (AvgIpc) is 2.18. The van der Waals surface area contributed by atoms with Crippen LogP contribution in [0.5, 0.6) is 0 Å². The summed E-state index contributed by atoms with van der Waals surface area (Å²) in [6.45, 7) is 1.46. The summed E-state index contributed by atoms with van der Waals surface area (Å²) in [5, 5.41) is 8.32. The minimum absolute atomic E-state index is 0.0377. The first-order valence-electron chi connectivity index (χ1n) is 4.16. The van der Waals surface area contributed by atoms with Crippen molar-refractivity contribution in [1.29, 1.82) is 5.26 Å². The van der Waals surface area contributed by atoms with E-state index in [2.05, 4.69) is 0 Å². The van der Waals surface area contributed by atoms with E-state index in [1.54, 1.807) is 30.3 Å². The minimum Gasteiger partial charge on any atom is -0.295 e. The van der Waals surface area contributed by atoms with Crippen LogP contribution in [0, 0.1) is 11.3 Å². The molecule has 0 heterocycles. The molecule has 0 spiro atoms.